The Morgan fingerprint density at radius 3 is 2.88 bits per heavy atom. The van der Waals surface area contributed by atoms with Crippen LogP contribution in [0.25, 0.3) is 5.69 Å². The summed E-state index contributed by atoms with van der Waals surface area (Å²) in [5.41, 5.74) is 7.61. The van der Waals surface area contributed by atoms with Gasteiger partial charge in [-0.1, -0.05) is 18.2 Å². The van der Waals surface area contributed by atoms with Gasteiger partial charge in [0.2, 0.25) is 0 Å². The van der Waals surface area contributed by atoms with Crippen LogP contribution in [0.5, 0.6) is 0 Å². The summed E-state index contributed by atoms with van der Waals surface area (Å²) in [6.45, 7) is 4.11. The Bertz CT molecular complexity index is 751. The highest BCUT2D eigenvalue weighted by Crippen LogP contribution is 2.28. The van der Waals surface area contributed by atoms with Crippen molar-refractivity contribution in [1.82, 2.24) is 20.2 Å². The monoisotopic (exact) mass is 328 g/mol. The van der Waals surface area contributed by atoms with E-state index < -0.39 is 6.10 Å². The number of benzene rings is 1. The summed E-state index contributed by atoms with van der Waals surface area (Å²) in [4.78, 5) is 12.6. The van der Waals surface area contributed by atoms with Crippen molar-refractivity contribution in [1.29, 1.82) is 0 Å². The number of likely N-dealkylation sites (N-methyl/N-ethyl adjacent to an activating group) is 1. The maximum Gasteiger partial charge on any atom is 0.286 e. The zero-order chi connectivity index (χ0) is 17.3. The number of hydrogen-bond donors (Lipinski definition) is 2. The number of aliphatic hydroxyl groups is 1. The summed E-state index contributed by atoms with van der Waals surface area (Å²) in [6, 6.07) is 8.07. The Labute approximate surface area is 142 Å². The highest BCUT2D eigenvalue weighted by Gasteiger charge is 2.27. The Morgan fingerprint density at radius 1 is 1.42 bits per heavy atom. The highest BCUT2D eigenvalue weighted by molar-refractivity contribution is 5.94. The standard InChI is InChI=1S/C18H24N4O2/c1-12-7-4-5-9-15(12)22-16-10-6-8-14(16)17(19-22)18(24)20-21(3)11-13(2)23/h4-5,7,9,13,23H,6,8,10-11H2,1-3H3,(H,20,24). The Morgan fingerprint density at radius 2 is 2.17 bits per heavy atom. The number of para-hydroxylation sites is 1. The topological polar surface area (TPSA) is 70.4 Å². The number of rotatable bonds is 5. The first-order valence-corrected chi connectivity index (χ1v) is 8.34. The Balaban J connectivity index is 1.92. The van der Waals surface area contributed by atoms with Gasteiger partial charge in [0.15, 0.2) is 5.69 Å². The van der Waals surface area contributed by atoms with Gasteiger partial charge in [0.1, 0.15) is 0 Å². The number of fused-ring (bicyclic) bond motifs is 1. The second-order valence-electron chi connectivity index (χ2n) is 6.50. The molecule has 1 aliphatic rings. The molecule has 3 rings (SSSR count). The molecule has 0 spiro atoms. The molecular formula is C18H24N4O2. The number of carbonyl (C=O) groups excluding carboxylic acids is 1. The van der Waals surface area contributed by atoms with Crippen LogP contribution in [0.2, 0.25) is 0 Å². The molecule has 0 saturated heterocycles. The molecule has 128 valence electrons. The number of aryl methyl sites for hydroxylation is 1. The SMILES string of the molecule is Cc1ccccc1-n1nc(C(=O)NN(C)CC(C)O)c2c1CCC2. The summed E-state index contributed by atoms with van der Waals surface area (Å²) in [7, 11) is 1.74. The van der Waals surface area contributed by atoms with E-state index in [4.69, 9.17) is 0 Å². The summed E-state index contributed by atoms with van der Waals surface area (Å²) in [5, 5.41) is 15.6. The summed E-state index contributed by atoms with van der Waals surface area (Å²) in [5.74, 6) is -0.219. The normalized spacial score (nSPS) is 14.7. The first-order valence-electron chi connectivity index (χ1n) is 8.34. The molecule has 2 N–H and O–H groups in total. The van der Waals surface area contributed by atoms with Crippen LogP contribution in [0.4, 0.5) is 0 Å². The molecule has 24 heavy (non-hydrogen) atoms. The number of carbonyl (C=O) groups is 1. The van der Waals surface area contributed by atoms with Crippen molar-refractivity contribution in [3.05, 3.63) is 46.8 Å². The van der Waals surface area contributed by atoms with E-state index in [-0.39, 0.29) is 5.91 Å². The van der Waals surface area contributed by atoms with E-state index in [1.165, 1.54) is 0 Å². The zero-order valence-electron chi connectivity index (χ0n) is 14.4. The third-order valence-corrected chi connectivity index (χ3v) is 4.32. The van der Waals surface area contributed by atoms with Crippen LogP contribution in [0, 0.1) is 6.92 Å². The number of nitrogens with zero attached hydrogens (tertiary/aromatic N) is 3. The van der Waals surface area contributed by atoms with Crippen LogP contribution in [-0.2, 0) is 12.8 Å². The third-order valence-electron chi connectivity index (χ3n) is 4.32. The summed E-state index contributed by atoms with van der Waals surface area (Å²) in [6.07, 6.45) is 2.35. The molecule has 1 aromatic carbocycles. The molecule has 1 amide bonds. The molecule has 0 aliphatic heterocycles. The predicted molar refractivity (Wildman–Crippen MR) is 92.1 cm³/mol. The van der Waals surface area contributed by atoms with E-state index in [9.17, 15) is 9.90 Å². The Kier molecular flexibility index (Phi) is 4.69. The third kappa shape index (κ3) is 3.20. The molecule has 2 aromatic rings. The zero-order valence-corrected chi connectivity index (χ0v) is 14.4. The van der Waals surface area contributed by atoms with Gasteiger partial charge in [0, 0.05) is 24.8 Å². The van der Waals surface area contributed by atoms with Crippen LogP contribution < -0.4 is 5.43 Å². The van der Waals surface area contributed by atoms with Gasteiger partial charge in [-0.05, 0) is 44.7 Å². The fourth-order valence-electron chi connectivity index (χ4n) is 3.29. The van der Waals surface area contributed by atoms with Crippen molar-refractivity contribution in [2.75, 3.05) is 13.6 Å². The van der Waals surface area contributed by atoms with Crippen molar-refractivity contribution in [2.45, 2.75) is 39.2 Å². The van der Waals surface area contributed by atoms with E-state index in [0.717, 1.165) is 41.8 Å². The highest BCUT2D eigenvalue weighted by atomic mass is 16.3. The van der Waals surface area contributed by atoms with Crippen LogP contribution >= 0.6 is 0 Å². The fraction of sp³-hybridized carbons (Fsp3) is 0.444. The molecule has 6 nitrogen and oxygen atoms in total. The van der Waals surface area contributed by atoms with Gasteiger partial charge in [0.25, 0.3) is 5.91 Å². The smallest absolute Gasteiger partial charge is 0.286 e. The minimum absolute atomic E-state index is 0.219. The van der Waals surface area contributed by atoms with Gasteiger partial charge in [-0.25, -0.2) is 9.69 Å². The maximum absolute atomic E-state index is 12.6. The lowest BCUT2D eigenvalue weighted by Gasteiger charge is -2.18. The van der Waals surface area contributed by atoms with Gasteiger partial charge in [0.05, 0.1) is 11.8 Å². The fourth-order valence-corrected chi connectivity index (χ4v) is 3.29. The van der Waals surface area contributed by atoms with Crippen molar-refractivity contribution < 1.29 is 9.90 Å². The number of nitrogens with one attached hydrogen (secondary N) is 1. The van der Waals surface area contributed by atoms with Crippen molar-refractivity contribution in [3.8, 4) is 5.69 Å². The number of aromatic nitrogens is 2. The second kappa shape index (κ2) is 6.75. The average Bonchev–Trinajstić information content (AvgIpc) is 3.08. The lowest BCUT2D eigenvalue weighted by Crippen LogP contribution is -2.43. The molecule has 1 aromatic heterocycles. The van der Waals surface area contributed by atoms with Crippen molar-refractivity contribution in [2.24, 2.45) is 0 Å². The maximum atomic E-state index is 12.6. The van der Waals surface area contributed by atoms with Crippen LogP contribution in [-0.4, -0.2) is 45.5 Å². The summed E-state index contributed by atoms with van der Waals surface area (Å²) >= 11 is 0. The average molecular weight is 328 g/mol. The molecule has 1 aliphatic carbocycles. The van der Waals surface area contributed by atoms with Gasteiger partial charge in [-0.15, -0.1) is 0 Å². The lowest BCUT2D eigenvalue weighted by molar-refractivity contribution is 0.0723. The van der Waals surface area contributed by atoms with Crippen LogP contribution in [0.15, 0.2) is 24.3 Å². The molecule has 1 heterocycles. The number of aliphatic hydroxyl groups excluding tert-OH is 1. The van der Waals surface area contributed by atoms with E-state index in [2.05, 4.69) is 23.5 Å². The predicted octanol–water partition coefficient (Wildman–Crippen LogP) is 1.63. The van der Waals surface area contributed by atoms with Gasteiger partial charge < -0.3 is 5.11 Å². The van der Waals surface area contributed by atoms with Gasteiger partial charge >= 0.3 is 0 Å². The van der Waals surface area contributed by atoms with Gasteiger partial charge in [-0.2, -0.15) is 5.10 Å². The lowest BCUT2D eigenvalue weighted by atomic mass is 10.2. The molecule has 1 unspecified atom stereocenters. The molecule has 0 radical (unpaired) electrons. The van der Waals surface area contributed by atoms with E-state index in [1.54, 1.807) is 19.0 Å². The largest absolute Gasteiger partial charge is 0.392 e. The van der Waals surface area contributed by atoms with E-state index >= 15 is 0 Å². The second-order valence-corrected chi connectivity index (χ2v) is 6.50. The molecule has 1 atom stereocenters. The quantitative estimate of drug-likeness (QED) is 0.819. The first kappa shape index (κ1) is 16.7. The molecule has 0 bridgehead atoms. The minimum atomic E-state index is -0.509. The van der Waals surface area contributed by atoms with Crippen molar-refractivity contribution >= 4 is 5.91 Å². The van der Waals surface area contributed by atoms with E-state index in [0.29, 0.717) is 12.2 Å². The van der Waals surface area contributed by atoms with Crippen LogP contribution in [0.1, 0.15) is 40.7 Å². The number of amides is 1. The molecule has 0 saturated carbocycles. The number of hydrogen-bond acceptors (Lipinski definition) is 4. The Hall–Kier alpha value is -2.18. The molecule has 6 heteroatoms. The first-order chi connectivity index (χ1) is 11.5. The number of hydrazine groups is 1. The minimum Gasteiger partial charge on any atom is -0.392 e. The van der Waals surface area contributed by atoms with Crippen LogP contribution in [0.3, 0.4) is 0 Å². The van der Waals surface area contributed by atoms with Gasteiger partial charge in [-0.3, -0.25) is 10.2 Å². The molecule has 0 fully saturated rings. The van der Waals surface area contributed by atoms with E-state index in [1.807, 2.05) is 22.9 Å². The molecular weight excluding hydrogens is 304 g/mol. The van der Waals surface area contributed by atoms with Crippen molar-refractivity contribution in [3.63, 3.8) is 0 Å². The summed E-state index contributed by atoms with van der Waals surface area (Å²) < 4.78 is 1.92.